The molecule has 0 aliphatic heterocycles. The number of nitrogens with one attached hydrogen (secondary N) is 1. The van der Waals surface area contributed by atoms with Crippen molar-refractivity contribution in [2.75, 3.05) is 5.32 Å². The lowest BCUT2D eigenvalue weighted by atomic mass is 10.5. The molecule has 0 aromatic carbocycles. The zero-order valence-corrected chi connectivity index (χ0v) is 7.13. The normalized spacial score (nSPS) is 9.18. The number of carbonyl (C=O) groups excluding carboxylic acids is 1. The molecular weight excluding hydrogens is 210 g/mol. The van der Waals surface area contributed by atoms with Crippen LogP contribution in [-0.4, -0.2) is 11.0 Å². The van der Waals surface area contributed by atoms with Gasteiger partial charge in [-0.1, -0.05) is 6.07 Å². The summed E-state index contributed by atoms with van der Waals surface area (Å²) in [6.07, 6.45) is 0. The van der Waals surface area contributed by atoms with E-state index in [9.17, 15) is 4.79 Å². The number of amides is 2. The number of urea groups is 1. The topological polar surface area (TPSA) is 68.0 Å². The molecule has 0 spiro atoms. The van der Waals surface area contributed by atoms with Gasteiger partial charge in [-0.3, -0.25) is 5.32 Å². The monoisotopic (exact) mass is 215 g/mol. The number of rotatable bonds is 1. The first-order chi connectivity index (χ1) is 5.18. The van der Waals surface area contributed by atoms with Crippen LogP contribution in [0.5, 0.6) is 0 Å². The molecule has 3 N–H and O–H groups in total. The number of halogens is 1. The van der Waals surface area contributed by atoms with Crippen LogP contribution in [0.3, 0.4) is 0 Å². The highest BCUT2D eigenvalue weighted by Gasteiger charge is 1.96. The Morgan fingerprint density at radius 2 is 2.36 bits per heavy atom. The fraction of sp³-hybridized carbons (Fsp3) is 0. The predicted octanol–water partition coefficient (Wildman–Crippen LogP) is 1.33. The molecule has 0 saturated heterocycles. The number of nitrogens with two attached hydrogens (primary N) is 1. The van der Waals surface area contributed by atoms with Crippen molar-refractivity contribution in [1.29, 1.82) is 0 Å². The Morgan fingerprint density at radius 3 is 2.91 bits per heavy atom. The van der Waals surface area contributed by atoms with Crippen molar-refractivity contribution in [1.82, 2.24) is 4.98 Å². The molecule has 0 atom stereocenters. The van der Waals surface area contributed by atoms with Crippen molar-refractivity contribution in [3.8, 4) is 0 Å². The molecule has 0 fully saturated rings. The lowest BCUT2D eigenvalue weighted by molar-refractivity contribution is 0.259. The van der Waals surface area contributed by atoms with Crippen molar-refractivity contribution in [3.05, 3.63) is 22.8 Å². The fourth-order valence-electron chi connectivity index (χ4n) is 0.604. The first kappa shape index (κ1) is 8.00. The minimum absolute atomic E-state index is 0.437. The van der Waals surface area contributed by atoms with Gasteiger partial charge in [0.2, 0.25) is 0 Å². The number of anilines is 1. The molecule has 0 unspecified atom stereocenters. The van der Waals surface area contributed by atoms with E-state index in [2.05, 4.69) is 26.2 Å². The third-order valence-corrected chi connectivity index (χ3v) is 1.41. The maximum Gasteiger partial charge on any atom is 0.317 e. The molecule has 5 heteroatoms. The van der Waals surface area contributed by atoms with Gasteiger partial charge < -0.3 is 5.73 Å². The first-order valence-electron chi connectivity index (χ1n) is 2.87. The van der Waals surface area contributed by atoms with Crippen molar-refractivity contribution in [2.45, 2.75) is 0 Å². The average molecular weight is 216 g/mol. The second-order valence-electron chi connectivity index (χ2n) is 1.83. The summed E-state index contributed by atoms with van der Waals surface area (Å²) in [5, 5.41) is 2.34. The van der Waals surface area contributed by atoms with Crippen LogP contribution in [-0.2, 0) is 0 Å². The Kier molecular flexibility index (Phi) is 2.43. The standard InChI is InChI=1S/C6H6BrN3O/c7-4-2-1-3-5(9-4)10-6(8)11/h1-3H,(H3,8,9,10,11). The van der Waals surface area contributed by atoms with Gasteiger partial charge in [0, 0.05) is 0 Å². The van der Waals surface area contributed by atoms with Gasteiger partial charge in [0.15, 0.2) is 0 Å². The Bertz CT molecular complexity index is 276. The van der Waals surface area contributed by atoms with Gasteiger partial charge in [-0.15, -0.1) is 0 Å². The van der Waals surface area contributed by atoms with Gasteiger partial charge in [0.1, 0.15) is 10.4 Å². The summed E-state index contributed by atoms with van der Waals surface area (Å²) < 4.78 is 0.656. The largest absolute Gasteiger partial charge is 0.351 e. The summed E-state index contributed by atoms with van der Waals surface area (Å²) in [5.74, 6) is 0.437. The molecule has 0 saturated carbocycles. The number of hydrogen-bond donors (Lipinski definition) is 2. The molecule has 0 aliphatic rings. The number of aromatic nitrogens is 1. The summed E-state index contributed by atoms with van der Waals surface area (Å²) in [5.41, 5.74) is 4.87. The molecule has 58 valence electrons. The fourth-order valence-corrected chi connectivity index (χ4v) is 0.948. The quantitative estimate of drug-likeness (QED) is 0.695. The predicted molar refractivity (Wildman–Crippen MR) is 45.1 cm³/mol. The molecule has 0 bridgehead atoms. The second-order valence-corrected chi connectivity index (χ2v) is 2.65. The smallest absolute Gasteiger partial charge is 0.317 e. The minimum Gasteiger partial charge on any atom is -0.351 e. The molecule has 4 nitrogen and oxygen atoms in total. The van der Waals surface area contributed by atoms with Crippen molar-refractivity contribution in [3.63, 3.8) is 0 Å². The molecule has 1 aromatic rings. The minimum atomic E-state index is -0.615. The van der Waals surface area contributed by atoms with E-state index >= 15 is 0 Å². The Labute approximate surface area is 71.9 Å². The van der Waals surface area contributed by atoms with Gasteiger partial charge in [-0.05, 0) is 28.1 Å². The van der Waals surface area contributed by atoms with Gasteiger partial charge in [-0.25, -0.2) is 9.78 Å². The van der Waals surface area contributed by atoms with E-state index < -0.39 is 6.03 Å². The summed E-state index contributed by atoms with van der Waals surface area (Å²) in [6.45, 7) is 0. The van der Waals surface area contributed by atoms with Crippen LogP contribution in [0.4, 0.5) is 10.6 Å². The number of carbonyl (C=O) groups is 1. The molecular formula is C6H6BrN3O. The molecule has 1 aromatic heterocycles. The molecule has 1 rings (SSSR count). The van der Waals surface area contributed by atoms with Crippen LogP contribution >= 0.6 is 15.9 Å². The lowest BCUT2D eigenvalue weighted by Gasteiger charge is -1.98. The van der Waals surface area contributed by atoms with Gasteiger partial charge in [0.25, 0.3) is 0 Å². The highest BCUT2D eigenvalue weighted by molar-refractivity contribution is 9.10. The molecule has 11 heavy (non-hydrogen) atoms. The van der Waals surface area contributed by atoms with Crippen LogP contribution in [0.25, 0.3) is 0 Å². The van der Waals surface area contributed by atoms with Crippen LogP contribution in [0.15, 0.2) is 22.8 Å². The summed E-state index contributed by atoms with van der Waals surface area (Å²) in [7, 11) is 0. The highest BCUT2D eigenvalue weighted by Crippen LogP contribution is 2.09. The van der Waals surface area contributed by atoms with Gasteiger partial charge >= 0.3 is 6.03 Å². The maximum absolute atomic E-state index is 10.3. The Morgan fingerprint density at radius 1 is 1.64 bits per heavy atom. The molecule has 1 heterocycles. The van der Waals surface area contributed by atoms with Crippen LogP contribution in [0.2, 0.25) is 0 Å². The van der Waals surface area contributed by atoms with E-state index in [0.29, 0.717) is 10.4 Å². The van der Waals surface area contributed by atoms with E-state index in [1.807, 2.05) is 0 Å². The summed E-state index contributed by atoms with van der Waals surface area (Å²) >= 11 is 3.15. The zero-order valence-electron chi connectivity index (χ0n) is 5.54. The lowest BCUT2D eigenvalue weighted by Crippen LogP contribution is -2.19. The van der Waals surface area contributed by atoms with Crippen molar-refractivity contribution in [2.24, 2.45) is 5.73 Å². The van der Waals surface area contributed by atoms with E-state index in [-0.39, 0.29) is 0 Å². The van der Waals surface area contributed by atoms with Crippen molar-refractivity contribution >= 4 is 27.8 Å². The number of primary amides is 1. The molecule has 2 amide bonds. The van der Waals surface area contributed by atoms with Crippen LogP contribution in [0, 0.1) is 0 Å². The number of nitrogens with zero attached hydrogens (tertiary/aromatic N) is 1. The average Bonchev–Trinajstić information content (AvgIpc) is 1.85. The summed E-state index contributed by atoms with van der Waals surface area (Å²) in [6, 6.07) is 4.54. The third-order valence-electron chi connectivity index (χ3n) is 0.966. The van der Waals surface area contributed by atoms with Gasteiger partial charge in [0.05, 0.1) is 0 Å². The SMILES string of the molecule is NC(=O)Nc1cccc(Br)n1. The van der Waals surface area contributed by atoms with Crippen molar-refractivity contribution < 1.29 is 4.79 Å². The van der Waals surface area contributed by atoms with E-state index in [0.717, 1.165) is 0 Å². The molecule has 0 aliphatic carbocycles. The number of pyridine rings is 1. The Balaban J connectivity index is 2.79. The first-order valence-corrected chi connectivity index (χ1v) is 3.67. The highest BCUT2D eigenvalue weighted by atomic mass is 79.9. The van der Waals surface area contributed by atoms with Crippen LogP contribution < -0.4 is 11.1 Å². The third kappa shape index (κ3) is 2.55. The Hall–Kier alpha value is -1.10. The zero-order chi connectivity index (χ0) is 8.27. The maximum atomic E-state index is 10.3. The van der Waals surface area contributed by atoms with E-state index in [1.165, 1.54) is 0 Å². The van der Waals surface area contributed by atoms with E-state index in [1.54, 1.807) is 18.2 Å². The molecule has 0 radical (unpaired) electrons. The van der Waals surface area contributed by atoms with Gasteiger partial charge in [-0.2, -0.15) is 0 Å². The van der Waals surface area contributed by atoms with Crippen LogP contribution in [0.1, 0.15) is 0 Å². The van der Waals surface area contributed by atoms with E-state index in [4.69, 9.17) is 5.73 Å². The summed E-state index contributed by atoms with van der Waals surface area (Å²) in [4.78, 5) is 14.3. The second kappa shape index (κ2) is 3.34. The number of hydrogen-bond acceptors (Lipinski definition) is 2.